The van der Waals surface area contributed by atoms with Crippen LogP contribution in [-0.2, 0) is 35.2 Å². The Kier molecular flexibility index (Phi) is 18.3. The van der Waals surface area contributed by atoms with Gasteiger partial charge in [0.05, 0.1) is 32.7 Å². The van der Waals surface area contributed by atoms with E-state index in [0.717, 1.165) is 0 Å². The molecule has 3 rings (SSSR count). The van der Waals surface area contributed by atoms with Crippen LogP contribution in [0.4, 0.5) is 0 Å². The van der Waals surface area contributed by atoms with Gasteiger partial charge in [0.15, 0.2) is 0 Å². The van der Waals surface area contributed by atoms with Crippen molar-refractivity contribution in [3.05, 3.63) is 60.7 Å². The third kappa shape index (κ3) is 15.2. The summed E-state index contributed by atoms with van der Waals surface area (Å²) in [6, 6.07) is 9.42. The molecule has 2 aromatic rings. The van der Waals surface area contributed by atoms with Gasteiger partial charge < -0.3 is 36.2 Å². The fraction of sp³-hybridized carbons (Fsp3) is 0.486. The SMILES string of the molecule is C[C@@H](C(=O)NC(CN1CCN(CC(=O)O)CCN(CC(=O)O)CCN(CC(=O)O)CC1)C(=O)N[C@@H](Cc1cc(I)c(O)c(I)c1)C(=O)O)c1ccccc1. The number of carboxylic acid groups (broad SMARTS) is 4. The minimum absolute atomic E-state index is 0.0543. The van der Waals surface area contributed by atoms with E-state index >= 15 is 0 Å². The molecule has 0 aromatic heterocycles. The first-order chi connectivity index (χ1) is 25.5. The van der Waals surface area contributed by atoms with Crippen molar-refractivity contribution in [1.29, 1.82) is 0 Å². The van der Waals surface area contributed by atoms with Crippen LogP contribution in [0.15, 0.2) is 42.5 Å². The Morgan fingerprint density at radius 2 is 1.06 bits per heavy atom. The lowest BCUT2D eigenvalue weighted by atomic mass is 10.00. The topological polar surface area (TPSA) is 241 Å². The second-order valence-electron chi connectivity index (χ2n) is 13.0. The zero-order chi connectivity index (χ0) is 39.9. The minimum Gasteiger partial charge on any atom is -0.506 e. The van der Waals surface area contributed by atoms with Crippen molar-refractivity contribution in [1.82, 2.24) is 30.2 Å². The standard InChI is InChI=1S/C35H46I2N6O11/c1-22(24-5-3-2-4-6-24)33(51)39-28(34(52)38-27(35(53)54)17-23-15-25(36)32(50)26(37)16-23)18-40-7-9-41(19-29(44)45)11-13-43(21-31(48)49)14-12-42(10-8-40)20-30(46)47/h2-6,15-16,22,27-28,50H,7-14,17-21H2,1H3,(H,38,52)(H,39,51)(H,44,45)(H,46,47)(H,48,49)(H,53,54)/t22-,27+,28?/m1/s1. The van der Waals surface area contributed by atoms with Crippen molar-refractivity contribution in [2.24, 2.45) is 0 Å². The van der Waals surface area contributed by atoms with Gasteiger partial charge in [-0.1, -0.05) is 30.3 Å². The highest BCUT2D eigenvalue weighted by Gasteiger charge is 2.31. The molecule has 1 fully saturated rings. The molecule has 1 aliphatic rings. The molecule has 296 valence electrons. The van der Waals surface area contributed by atoms with E-state index < -0.39 is 53.7 Å². The molecular weight excluding hydrogens is 934 g/mol. The van der Waals surface area contributed by atoms with Gasteiger partial charge in [-0.05, 0) is 75.4 Å². The van der Waals surface area contributed by atoms with Crippen LogP contribution in [0.5, 0.6) is 5.75 Å². The van der Waals surface area contributed by atoms with E-state index in [9.17, 15) is 54.3 Å². The lowest BCUT2D eigenvalue weighted by Gasteiger charge is -2.34. The molecular formula is C35H46I2N6O11. The highest BCUT2D eigenvalue weighted by atomic mass is 127. The van der Waals surface area contributed by atoms with Gasteiger partial charge in [-0.25, -0.2) is 4.79 Å². The van der Waals surface area contributed by atoms with E-state index in [-0.39, 0.29) is 90.7 Å². The van der Waals surface area contributed by atoms with Crippen LogP contribution in [0, 0.1) is 7.14 Å². The molecule has 1 unspecified atom stereocenters. The van der Waals surface area contributed by atoms with E-state index in [1.807, 2.05) is 45.2 Å². The number of benzene rings is 2. The van der Waals surface area contributed by atoms with Crippen molar-refractivity contribution in [3.8, 4) is 5.75 Å². The summed E-state index contributed by atoms with van der Waals surface area (Å²) in [6.45, 7) is 2.02. The maximum atomic E-state index is 14.0. The number of carbonyl (C=O) groups excluding carboxylic acids is 2. The average molecular weight is 981 g/mol. The van der Waals surface area contributed by atoms with Crippen LogP contribution in [-0.4, -0.2) is 171 Å². The Bertz CT molecular complexity index is 1580. The van der Waals surface area contributed by atoms with E-state index in [0.29, 0.717) is 18.3 Å². The fourth-order valence-electron chi connectivity index (χ4n) is 5.90. The predicted molar refractivity (Wildman–Crippen MR) is 212 cm³/mol. The van der Waals surface area contributed by atoms with Gasteiger partial charge in [-0.2, -0.15) is 0 Å². The van der Waals surface area contributed by atoms with Gasteiger partial charge >= 0.3 is 23.9 Å². The van der Waals surface area contributed by atoms with E-state index in [1.165, 1.54) is 0 Å². The van der Waals surface area contributed by atoms with E-state index in [1.54, 1.807) is 69.0 Å². The van der Waals surface area contributed by atoms with Crippen molar-refractivity contribution in [2.75, 3.05) is 78.5 Å². The number of carboxylic acids is 4. The zero-order valence-corrected chi connectivity index (χ0v) is 34.0. The molecule has 0 saturated carbocycles. The summed E-state index contributed by atoms with van der Waals surface area (Å²) in [7, 11) is 0. The highest BCUT2D eigenvalue weighted by molar-refractivity contribution is 14.1. The molecule has 1 heterocycles. The van der Waals surface area contributed by atoms with Crippen LogP contribution in [0.2, 0.25) is 0 Å². The second-order valence-corrected chi connectivity index (χ2v) is 15.3. The molecule has 19 heteroatoms. The molecule has 3 atom stereocenters. The summed E-state index contributed by atoms with van der Waals surface area (Å²) < 4.78 is 1.01. The first-order valence-corrected chi connectivity index (χ1v) is 19.3. The molecule has 2 amide bonds. The third-order valence-electron chi connectivity index (χ3n) is 8.90. The van der Waals surface area contributed by atoms with E-state index in [2.05, 4.69) is 10.6 Å². The highest BCUT2D eigenvalue weighted by Crippen LogP contribution is 2.28. The van der Waals surface area contributed by atoms with Crippen LogP contribution in [0.1, 0.15) is 24.0 Å². The smallest absolute Gasteiger partial charge is 0.326 e. The maximum absolute atomic E-state index is 14.0. The number of rotatable bonds is 16. The average Bonchev–Trinajstić information content (AvgIpc) is 3.10. The molecule has 1 saturated heterocycles. The van der Waals surface area contributed by atoms with Crippen LogP contribution in [0.25, 0.3) is 0 Å². The Morgan fingerprint density at radius 3 is 1.46 bits per heavy atom. The van der Waals surface area contributed by atoms with Crippen LogP contribution >= 0.6 is 45.2 Å². The largest absolute Gasteiger partial charge is 0.506 e. The number of phenols is 1. The lowest BCUT2D eigenvalue weighted by Crippen LogP contribution is -2.58. The molecule has 0 bridgehead atoms. The normalized spacial score (nSPS) is 17.2. The Hall–Kier alpha value is -3.64. The maximum Gasteiger partial charge on any atom is 0.326 e. The predicted octanol–water partition coefficient (Wildman–Crippen LogP) is 0.477. The summed E-state index contributed by atoms with van der Waals surface area (Å²) >= 11 is 3.85. The molecule has 2 aromatic carbocycles. The zero-order valence-electron chi connectivity index (χ0n) is 29.7. The number of nitrogens with one attached hydrogen (secondary N) is 2. The summed E-state index contributed by atoms with van der Waals surface area (Å²) in [5.41, 5.74) is 1.24. The Balaban J connectivity index is 1.93. The van der Waals surface area contributed by atoms with Crippen molar-refractivity contribution in [2.45, 2.75) is 31.3 Å². The molecule has 0 aliphatic carbocycles. The van der Waals surface area contributed by atoms with Gasteiger partial charge in [0.25, 0.3) is 0 Å². The number of aliphatic carboxylic acids is 4. The van der Waals surface area contributed by atoms with Crippen molar-refractivity contribution in [3.63, 3.8) is 0 Å². The molecule has 54 heavy (non-hydrogen) atoms. The number of halogens is 2. The number of hydrogen-bond donors (Lipinski definition) is 7. The summed E-state index contributed by atoms with van der Waals surface area (Å²) in [4.78, 5) is 81.8. The van der Waals surface area contributed by atoms with E-state index in [4.69, 9.17) is 0 Å². The number of hydrogen-bond acceptors (Lipinski definition) is 11. The monoisotopic (exact) mass is 980 g/mol. The number of aromatic hydroxyl groups is 1. The first kappa shape index (κ1) is 44.8. The first-order valence-electron chi connectivity index (χ1n) is 17.1. The number of phenolic OH excluding ortho intramolecular Hbond substituents is 1. The third-order valence-corrected chi connectivity index (χ3v) is 10.5. The summed E-state index contributed by atoms with van der Waals surface area (Å²) in [5.74, 6) is -6.49. The number of amides is 2. The van der Waals surface area contributed by atoms with Gasteiger partial charge in [-0.15, -0.1) is 0 Å². The molecule has 7 N–H and O–H groups in total. The lowest BCUT2D eigenvalue weighted by molar-refractivity contribution is -0.142. The van der Waals surface area contributed by atoms with Crippen molar-refractivity contribution < 1.29 is 54.3 Å². The van der Waals surface area contributed by atoms with Crippen LogP contribution in [0.3, 0.4) is 0 Å². The summed E-state index contributed by atoms with van der Waals surface area (Å²) in [5, 5.41) is 54.3. The second kappa shape index (κ2) is 22.0. The molecule has 17 nitrogen and oxygen atoms in total. The fourth-order valence-corrected chi connectivity index (χ4v) is 7.79. The molecule has 0 spiro atoms. The van der Waals surface area contributed by atoms with Gasteiger partial charge in [0, 0.05) is 65.3 Å². The number of carbonyl (C=O) groups is 6. The molecule has 1 aliphatic heterocycles. The van der Waals surface area contributed by atoms with Crippen LogP contribution < -0.4 is 10.6 Å². The molecule has 0 radical (unpaired) electrons. The van der Waals surface area contributed by atoms with Gasteiger partial charge in [0.2, 0.25) is 11.8 Å². The van der Waals surface area contributed by atoms with Gasteiger partial charge in [0.1, 0.15) is 17.8 Å². The minimum atomic E-state index is -1.41. The summed E-state index contributed by atoms with van der Waals surface area (Å²) in [6.07, 6.45) is -0.120. The van der Waals surface area contributed by atoms with Gasteiger partial charge in [-0.3, -0.25) is 43.6 Å². The number of nitrogens with zero attached hydrogens (tertiary/aromatic N) is 4. The Labute approximate surface area is 339 Å². The quantitative estimate of drug-likeness (QED) is 0.113. The van der Waals surface area contributed by atoms with Crippen molar-refractivity contribution >= 4 is 80.9 Å². The Morgan fingerprint density at radius 1 is 0.648 bits per heavy atom.